The van der Waals surface area contributed by atoms with Crippen LogP contribution in [0.1, 0.15) is 17.0 Å². The maximum absolute atomic E-state index is 13.3. The number of nitrogens with one attached hydrogen (secondary N) is 1. The van der Waals surface area contributed by atoms with Gasteiger partial charge in [-0.2, -0.15) is 13.2 Å². The molecule has 2 nitrogen and oxygen atoms in total. The highest BCUT2D eigenvalue weighted by molar-refractivity contribution is 5.78. The molecule has 1 aromatic heterocycles. The summed E-state index contributed by atoms with van der Waals surface area (Å²) in [6, 6.07) is 9.72. The van der Waals surface area contributed by atoms with Crippen LogP contribution in [0.25, 0.3) is 23.2 Å². The quantitative estimate of drug-likeness (QED) is 0.671. The van der Waals surface area contributed by atoms with E-state index in [9.17, 15) is 17.6 Å². The molecule has 112 valence electrons. The Balaban J connectivity index is 1.93. The third-order valence-electron chi connectivity index (χ3n) is 3.09. The monoisotopic (exact) mass is 306 g/mol. The molecule has 1 N–H and O–H groups in total. The number of aromatic amines is 1. The Hall–Kier alpha value is -2.63. The molecule has 2 aromatic carbocycles. The molecule has 0 aliphatic carbocycles. The van der Waals surface area contributed by atoms with Gasteiger partial charge in [0.2, 0.25) is 0 Å². The molecule has 0 aliphatic rings. The summed E-state index contributed by atoms with van der Waals surface area (Å²) in [7, 11) is 0. The summed E-state index contributed by atoms with van der Waals surface area (Å²) in [5.41, 5.74) is 0.666. The second-order valence-electron chi connectivity index (χ2n) is 4.74. The lowest BCUT2D eigenvalue weighted by molar-refractivity contribution is -0.137. The zero-order chi connectivity index (χ0) is 15.7. The summed E-state index contributed by atoms with van der Waals surface area (Å²) in [4.78, 5) is 7.27. The number of H-pyrrole nitrogens is 1. The first-order valence-electron chi connectivity index (χ1n) is 6.42. The Morgan fingerprint density at radius 2 is 1.77 bits per heavy atom. The summed E-state index contributed by atoms with van der Waals surface area (Å²) < 4.78 is 51.2. The van der Waals surface area contributed by atoms with Gasteiger partial charge >= 0.3 is 6.18 Å². The van der Waals surface area contributed by atoms with Crippen molar-refractivity contribution in [3.8, 4) is 0 Å². The fourth-order valence-electron chi connectivity index (χ4n) is 2.10. The van der Waals surface area contributed by atoms with Crippen LogP contribution >= 0.6 is 0 Å². The van der Waals surface area contributed by atoms with Crippen molar-refractivity contribution in [2.45, 2.75) is 6.18 Å². The number of benzene rings is 2. The van der Waals surface area contributed by atoms with Crippen molar-refractivity contribution in [1.29, 1.82) is 0 Å². The maximum atomic E-state index is 13.3. The molecule has 1 heterocycles. The van der Waals surface area contributed by atoms with E-state index in [0.29, 0.717) is 11.9 Å². The van der Waals surface area contributed by atoms with Crippen LogP contribution in [0.15, 0.2) is 42.5 Å². The van der Waals surface area contributed by atoms with Gasteiger partial charge in [0, 0.05) is 0 Å². The molecule has 0 saturated carbocycles. The lowest BCUT2D eigenvalue weighted by Crippen LogP contribution is -2.05. The maximum Gasteiger partial charge on any atom is 0.416 e. The van der Waals surface area contributed by atoms with Crippen LogP contribution in [-0.4, -0.2) is 9.97 Å². The summed E-state index contributed by atoms with van der Waals surface area (Å²) in [5.74, 6) is -0.446. The van der Waals surface area contributed by atoms with Crippen LogP contribution < -0.4 is 0 Å². The van der Waals surface area contributed by atoms with Crippen LogP contribution in [0, 0.1) is 5.82 Å². The van der Waals surface area contributed by atoms with Crippen molar-refractivity contribution in [3.05, 3.63) is 65.2 Å². The van der Waals surface area contributed by atoms with E-state index in [-0.39, 0.29) is 5.56 Å². The summed E-state index contributed by atoms with van der Waals surface area (Å²) in [6.45, 7) is 0. The second kappa shape index (κ2) is 5.29. The first-order chi connectivity index (χ1) is 10.4. The predicted molar refractivity (Wildman–Crippen MR) is 76.4 cm³/mol. The van der Waals surface area contributed by atoms with Crippen molar-refractivity contribution in [2.75, 3.05) is 0 Å². The van der Waals surface area contributed by atoms with E-state index < -0.39 is 17.6 Å². The molecule has 6 heteroatoms. The smallest absolute Gasteiger partial charge is 0.338 e. The van der Waals surface area contributed by atoms with Gasteiger partial charge in [-0.1, -0.05) is 18.2 Å². The molecule has 0 amide bonds. The molecular weight excluding hydrogens is 296 g/mol. The number of hydrogen-bond acceptors (Lipinski definition) is 1. The van der Waals surface area contributed by atoms with Crippen LogP contribution in [0.3, 0.4) is 0 Å². The zero-order valence-corrected chi connectivity index (χ0v) is 11.2. The number of halogens is 4. The highest BCUT2D eigenvalue weighted by Crippen LogP contribution is 2.30. The fourth-order valence-corrected chi connectivity index (χ4v) is 2.10. The number of fused-ring (bicyclic) bond motifs is 1. The van der Waals surface area contributed by atoms with Crippen LogP contribution in [0.5, 0.6) is 0 Å². The van der Waals surface area contributed by atoms with E-state index in [4.69, 9.17) is 0 Å². The predicted octanol–water partition coefficient (Wildman–Crippen LogP) is 4.89. The fraction of sp³-hybridized carbons (Fsp3) is 0.0625. The average Bonchev–Trinajstić information content (AvgIpc) is 2.86. The van der Waals surface area contributed by atoms with Gasteiger partial charge in [-0.3, -0.25) is 0 Å². The Bertz CT molecular complexity index is 814. The molecule has 0 unspecified atom stereocenters. The topological polar surface area (TPSA) is 28.7 Å². The minimum absolute atomic E-state index is 0.118. The molecule has 0 radical (unpaired) electrons. The van der Waals surface area contributed by atoms with Crippen molar-refractivity contribution < 1.29 is 17.6 Å². The number of hydrogen-bond donors (Lipinski definition) is 1. The number of para-hydroxylation sites is 2. The number of aromatic nitrogens is 2. The number of imidazole rings is 1. The molecule has 0 fully saturated rings. The van der Waals surface area contributed by atoms with Gasteiger partial charge in [0.05, 0.1) is 16.6 Å². The lowest BCUT2D eigenvalue weighted by Gasteiger charge is -2.07. The van der Waals surface area contributed by atoms with Gasteiger partial charge in [0.1, 0.15) is 11.6 Å². The van der Waals surface area contributed by atoms with Gasteiger partial charge in [-0.25, -0.2) is 9.37 Å². The Morgan fingerprint density at radius 3 is 2.50 bits per heavy atom. The normalized spacial score (nSPS) is 12.4. The first-order valence-corrected chi connectivity index (χ1v) is 6.42. The Labute approximate surface area is 123 Å². The molecule has 3 aromatic rings. The molecule has 3 rings (SSSR count). The third-order valence-corrected chi connectivity index (χ3v) is 3.09. The largest absolute Gasteiger partial charge is 0.416 e. The second-order valence-corrected chi connectivity index (χ2v) is 4.74. The standard InChI is InChI=1S/C16H10F4N2/c17-12-8-10(7-11(9-12)16(18,19)20)5-6-15-21-13-3-1-2-4-14(13)22-15/h1-9H,(H,21,22). The van der Waals surface area contributed by atoms with E-state index in [1.165, 1.54) is 12.2 Å². The summed E-state index contributed by atoms with van der Waals surface area (Å²) >= 11 is 0. The number of alkyl halides is 3. The van der Waals surface area contributed by atoms with Gasteiger partial charge in [-0.15, -0.1) is 0 Å². The van der Waals surface area contributed by atoms with Gasteiger partial charge < -0.3 is 4.98 Å². The van der Waals surface area contributed by atoms with Crippen molar-refractivity contribution in [2.24, 2.45) is 0 Å². The molecule has 0 spiro atoms. The Kier molecular flexibility index (Phi) is 3.44. The number of nitrogens with zero attached hydrogens (tertiary/aromatic N) is 1. The van der Waals surface area contributed by atoms with Crippen molar-refractivity contribution in [3.63, 3.8) is 0 Å². The highest BCUT2D eigenvalue weighted by Gasteiger charge is 2.31. The Morgan fingerprint density at radius 1 is 1.00 bits per heavy atom. The van der Waals surface area contributed by atoms with E-state index >= 15 is 0 Å². The van der Waals surface area contributed by atoms with E-state index in [0.717, 1.165) is 23.2 Å². The van der Waals surface area contributed by atoms with Crippen LogP contribution in [-0.2, 0) is 6.18 Å². The van der Waals surface area contributed by atoms with E-state index in [2.05, 4.69) is 9.97 Å². The molecule has 0 bridgehead atoms. The lowest BCUT2D eigenvalue weighted by atomic mass is 10.1. The minimum Gasteiger partial charge on any atom is -0.338 e. The van der Waals surface area contributed by atoms with E-state index in [1.54, 1.807) is 0 Å². The molecule has 0 atom stereocenters. The van der Waals surface area contributed by atoms with Crippen LogP contribution in [0.2, 0.25) is 0 Å². The van der Waals surface area contributed by atoms with Gasteiger partial charge in [-0.05, 0) is 42.0 Å². The van der Waals surface area contributed by atoms with Crippen molar-refractivity contribution >= 4 is 23.2 Å². The van der Waals surface area contributed by atoms with Crippen molar-refractivity contribution in [1.82, 2.24) is 9.97 Å². The van der Waals surface area contributed by atoms with E-state index in [1.807, 2.05) is 24.3 Å². The molecule has 22 heavy (non-hydrogen) atoms. The highest BCUT2D eigenvalue weighted by atomic mass is 19.4. The van der Waals surface area contributed by atoms with Gasteiger partial charge in [0.15, 0.2) is 0 Å². The SMILES string of the molecule is Fc1cc(C=Cc2nc3ccccc3[nH]2)cc(C(F)(F)F)c1. The first kappa shape index (κ1) is 14.3. The number of rotatable bonds is 2. The summed E-state index contributed by atoms with van der Waals surface area (Å²) in [5, 5.41) is 0. The molecular formula is C16H10F4N2. The van der Waals surface area contributed by atoms with Crippen LogP contribution in [0.4, 0.5) is 17.6 Å². The summed E-state index contributed by atoms with van der Waals surface area (Å²) in [6.07, 6.45) is -1.69. The third kappa shape index (κ3) is 3.00. The average molecular weight is 306 g/mol. The molecule has 0 aliphatic heterocycles. The zero-order valence-electron chi connectivity index (χ0n) is 11.2. The molecule has 0 saturated heterocycles. The van der Waals surface area contributed by atoms with Gasteiger partial charge in [0.25, 0.3) is 0 Å². The minimum atomic E-state index is -4.58.